The lowest BCUT2D eigenvalue weighted by Crippen LogP contribution is -2.63. The van der Waals surface area contributed by atoms with Gasteiger partial charge < -0.3 is 33.2 Å². The van der Waals surface area contributed by atoms with Crippen molar-refractivity contribution in [1.82, 2.24) is 0 Å². The summed E-state index contributed by atoms with van der Waals surface area (Å²) < 4.78 is 38.7. The van der Waals surface area contributed by atoms with Crippen molar-refractivity contribution in [2.45, 2.75) is 57.4 Å². The van der Waals surface area contributed by atoms with Gasteiger partial charge in [0.1, 0.15) is 19.3 Å². The van der Waals surface area contributed by atoms with Gasteiger partial charge in [0.25, 0.3) is 0 Å². The molecule has 5 atom stereocenters. The summed E-state index contributed by atoms with van der Waals surface area (Å²) in [6, 6.07) is 15.7. The number of ether oxygens (including phenoxy) is 7. The maximum absolute atomic E-state index is 13.1. The number of carbonyl (C=O) groups is 4. The van der Waals surface area contributed by atoms with Crippen LogP contribution in [0.5, 0.6) is 0 Å². The number of benzene rings is 2. The Morgan fingerprint density at radius 1 is 0.756 bits per heavy atom. The zero-order valence-corrected chi connectivity index (χ0v) is 23.0. The molecule has 218 valence electrons. The fraction of sp³-hybridized carbons (Fsp3) is 0.400. The van der Waals surface area contributed by atoms with E-state index in [-0.39, 0.29) is 25.7 Å². The maximum Gasteiger partial charge on any atom is 0.508 e. The molecule has 2 aromatic rings. The lowest BCUT2D eigenvalue weighted by Gasteiger charge is -2.43. The highest BCUT2D eigenvalue weighted by Crippen LogP contribution is 2.44. The van der Waals surface area contributed by atoms with E-state index in [9.17, 15) is 19.2 Å². The van der Waals surface area contributed by atoms with Gasteiger partial charge in [-0.25, -0.2) is 4.79 Å². The number of hydrogen-bond donors (Lipinski definition) is 0. The average Bonchev–Trinajstić information content (AvgIpc) is 3.25. The molecule has 11 heteroatoms. The van der Waals surface area contributed by atoms with Crippen LogP contribution in [0, 0.1) is 0 Å². The van der Waals surface area contributed by atoms with E-state index in [1.54, 1.807) is 0 Å². The highest BCUT2D eigenvalue weighted by molar-refractivity contribution is 5.79. The second-order valence-corrected chi connectivity index (χ2v) is 9.49. The number of carbonyl (C=O) groups excluding carboxylic acids is 4. The van der Waals surface area contributed by atoms with E-state index in [2.05, 4.69) is 6.58 Å². The highest BCUT2D eigenvalue weighted by atomic mass is 16.8. The molecular formula is C30H32O11. The van der Waals surface area contributed by atoms with Gasteiger partial charge >= 0.3 is 24.1 Å². The topological polar surface area (TPSA) is 133 Å². The molecule has 1 heterocycles. The molecule has 1 aliphatic heterocycles. The molecule has 0 amide bonds. The first kappa shape index (κ1) is 29.8. The van der Waals surface area contributed by atoms with Crippen molar-refractivity contribution in [2.75, 3.05) is 19.8 Å². The molecule has 4 rings (SSSR count). The van der Waals surface area contributed by atoms with Gasteiger partial charge in [-0.15, -0.1) is 6.58 Å². The van der Waals surface area contributed by atoms with Crippen LogP contribution in [0.1, 0.15) is 37.8 Å². The van der Waals surface area contributed by atoms with Crippen molar-refractivity contribution in [3.8, 4) is 11.1 Å². The van der Waals surface area contributed by atoms with E-state index in [1.807, 2.05) is 48.5 Å². The van der Waals surface area contributed by atoms with E-state index in [4.69, 9.17) is 33.2 Å². The lowest BCUT2D eigenvalue weighted by molar-refractivity contribution is -0.304. The number of esters is 3. The second kappa shape index (κ2) is 13.4. The van der Waals surface area contributed by atoms with Crippen molar-refractivity contribution in [2.24, 2.45) is 0 Å². The minimum absolute atomic E-state index is 0.0273. The second-order valence-electron chi connectivity index (χ2n) is 9.49. The van der Waals surface area contributed by atoms with Gasteiger partial charge in [0.05, 0.1) is 6.61 Å². The van der Waals surface area contributed by atoms with Crippen LogP contribution in [0.4, 0.5) is 4.79 Å². The molecule has 0 bridgehead atoms. The zero-order valence-electron chi connectivity index (χ0n) is 23.0. The molecular weight excluding hydrogens is 536 g/mol. The predicted molar refractivity (Wildman–Crippen MR) is 142 cm³/mol. The Labute approximate surface area is 237 Å². The molecule has 1 saturated heterocycles. The minimum Gasteiger partial charge on any atom is -0.463 e. The number of rotatable bonds is 10. The summed E-state index contributed by atoms with van der Waals surface area (Å²) in [7, 11) is 0. The van der Waals surface area contributed by atoms with Crippen LogP contribution >= 0.6 is 0 Å². The standard InChI is InChI=1S/C30H32O11/c1-5-14-35-29-28(27(39-19(4)33)26(38-18(3)32)25(40-29)16-36-17(2)31)41-30(34)37-15-24-22-12-8-6-10-20(22)21-11-7-9-13-23(21)24/h5-13,24-29H,1,14-16H2,2-4H3/t25-,26-,27+,28-,29+/m1/s1. The highest BCUT2D eigenvalue weighted by Gasteiger charge is 2.53. The van der Waals surface area contributed by atoms with Gasteiger partial charge in [-0.1, -0.05) is 54.6 Å². The molecule has 0 aromatic heterocycles. The Bertz CT molecular complexity index is 1240. The van der Waals surface area contributed by atoms with Gasteiger partial charge in [0.2, 0.25) is 0 Å². The largest absolute Gasteiger partial charge is 0.508 e. The van der Waals surface area contributed by atoms with Crippen molar-refractivity contribution in [1.29, 1.82) is 0 Å². The Balaban J connectivity index is 1.56. The SMILES string of the molecule is C=CCO[C@H]1O[C@H](COC(C)=O)[C@@H](OC(C)=O)[C@H](OC(C)=O)[C@H]1OC(=O)OCC1c2ccccc2-c2ccccc21. The third-order valence-corrected chi connectivity index (χ3v) is 6.59. The summed E-state index contributed by atoms with van der Waals surface area (Å²) in [5, 5.41) is 0. The molecule has 2 aromatic carbocycles. The first-order valence-corrected chi connectivity index (χ1v) is 13.1. The third-order valence-electron chi connectivity index (χ3n) is 6.59. The molecule has 0 spiro atoms. The summed E-state index contributed by atoms with van der Waals surface area (Å²) in [4.78, 5) is 48.6. The van der Waals surface area contributed by atoms with Crippen LogP contribution in [-0.2, 0) is 47.5 Å². The van der Waals surface area contributed by atoms with Crippen LogP contribution in [-0.4, -0.2) is 74.6 Å². The van der Waals surface area contributed by atoms with Crippen LogP contribution in [0.25, 0.3) is 11.1 Å². The van der Waals surface area contributed by atoms with Gasteiger partial charge in [-0.05, 0) is 22.3 Å². The summed E-state index contributed by atoms with van der Waals surface area (Å²) in [6.45, 7) is 6.69. The normalized spacial score (nSPS) is 23.0. The molecule has 0 saturated carbocycles. The smallest absolute Gasteiger partial charge is 0.463 e. The third kappa shape index (κ3) is 7.11. The fourth-order valence-corrected chi connectivity index (χ4v) is 5.03. The summed E-state index contributed by atoms with van der Waals surface area (Å²) in [5.41, 5.74) is 4.13. The average molecular weight is 569 g/mol. The number of hydrogen-bond acceptors (Lipinski definition) is 11. The molecule has 11 nitrogen and oxygen atoms in total. The minimum atomic E-state index is -1.41. The first-order chi connectivity index (χ1) is 19.7. The molecule has 1 fully saturated rings. The molecule has 41 heavy (non-hydrogen) atoms. The van der Waals surface area contributed by atoms with Crippen molar-refractivity contribution in [3.63, 3.8) is 0 Å². The Kier molecular flexibility index (Phi) is 9.74. The summed E-state index contributed by atoms with van der Waals surface area (Å²) in [6.07, 6.45) is -6.15. The van der Waals surface area contributed by atoms with Crippen molar-refractivity contribution < 1.29 is 52.3 Å². The van der Waals surface area contributed by atoms with Gasteiger partial charge in [0, 0.05) is 26.7 Å². The lowest BCUT2D eigenvalue weighted by atomic mass is 9.98. The van der Waals surface area contributed by atoms with E-state index >= 15 is 0 Å². The Morgan fingerprint density at radius 3 is 1.90 bits per heavy atom. The molecule has 1 aliphatic carbocycles. The molecule has 0 N–H and O–H groups in total. The van der Waals surface area contributed by atoms with Gasteiger partial charge in [0.15, 0.2) is 24.6 Å². The molecule has 2 aliphatic rings. The van der Waals surface area contributed by atoms with E-state index in [1.165, 1.54) is 13.0 Å². The number of fused-ring (bicyclic) bond motifs is 3. The Morgan fingerprint density at radius 2 is 1.34 bits per heavy atom. The predicted octanol–water partition coefficient (Wildman–Crippen LogP) is 3.67. The van der Waals surface area contributed by atoms with Crippen LogP contribution in [0.2, 0.25) is 0 Å². The monoisotopic (exact) mass is 568 g/mol. The van der Waals surface area contributed by atoms with E-state index in [0.29, 0.717) is 0 Å². The van der Waals surface area contributed by atoms with E-state index in [0.717, 1.165) is 36.1 Å². The quantitative estimate of drug-likeness (QED) is 0.236. The molecule has 0 radical (unpaired) electrons. The van der Waals surface area contributed by atoms with Gasteiger partial charge in [-0.3, -0.25) is 14.4 Å². The zero-order chi connectivity index (χ0) is 29.5. The fourth-order valence-electron chi connectivity index (χ4n) is 5.03. The van der Waals surface area contributed by atoms with Crippen LogP contribution in [0.3, 0.4) is 0 Å². The van der Waals surface area contributed by atoms with Crippen molar-refractivity contribution in [3.05, 3.63) is 72.3 Å². The van der Waals surface area contributed by atoms with E-state index < -0.39 is 54.8 Å². The summed E-state index contributed by atoms with van der Waals surface area (Å²) >= 11 is 0. The maximum atomic E-state index is 13.1. The van der Waals surface area contributed by atoms with Crippen LogP contribution in [0.15, 0.2) is 61.2 Å². The van der Waals surface area contributed by atoms with Gasteiger partial charge in [-0.2, -0.15) is 0 Å². The van der Waals surface area contributed by atoms with Crippen molar-refractivity contribution >= 4 is 24.1 Å². The first-order valence-electron chi connectivity index (χ1n) is 13.1. The Hall–Kier alpha value is -4.22. The van der Waals surface area contributed by atoms with Crippen LogP contribution < -0.4 is 0 Å². The summed E-state index contributed by atoms with van der Waals surface area (Å²) in [5.74, 6) is -2.31. The molecule has 0 unspecified atom stereocenters.